The van der Waals surface area contributed by atoms with Crippen LogP contribution in [0.3, 0.4) is 0 Å². The molecule has 39 valence electrons. The molecule has 0 heterocycles. The monoisotopic (exact) mass is 197 g/mol. The maximum atomic E-state index is 0. The molecule has 5 heavy (non-hydrogen) atoms. The molecule has 0 aliphatic heterocycles. The summed E-state index contributed by atoms with van der Waals surface area (Å²) in [4.78, 5) is 0. The van der Waals surface area contributed by atoms with Gasteiger partial charge in [0.25, 0.3) is 0 Å². The van der Waals surface area contributed by atoms with Gasteiger partial charge in [0, 0.05) is 20.1 Å². The Kier molecular flexibility index (Phi) is 1290. The molecule has 6 N–H and O–H groups in total. The van der Waals surface area contributed by atoms with Crippen molar-refractivity contribution in [1.29, 1.82) is 0 Å². The summed E-state index contributed by atoms with van der Waals surface area (Å²) in [6.45, 7) is 0. The van der Waals surface area contributed by atoms with Gasteiger partial charge in [-0.3, -0.25) is 0 Å². The molecule has 2 nitrogen and oxygen atoms in total. The van der Waals surface area contributed by atoms with Crippen LogP contribution in [0.25, 0.3) is 0 Å². The average Bonchev–Trinajstić information content (AvgIpc) is 0. The average molecular weight is 198 g/mol. The van der Waals surface area contributed by atoms with Gasteiger partial charge in [-0.15, -0.1) is 0 Å². The van der Waals surface area contributed by atoms with Crippen LogP contribution in [-0.2, 0) is 47.1 Å². The van der Waals surface area contributed by atoms with E-state index < -0.39 is 0 Å². The molecule has 1 radical (unpaired) electrons. The van der Waals surface area contributed by atoms with E-state index in [-0.39, 0.29) is 59.4 Å². The van der Waals surface area contributed by atoms with Crippen LogP contribution < -0.4 is 12.3 Å². The van der Waals surface area contributed by atoms with E-state index in [4.69, 9.17) is 0 Å². The molecule has 0 aliphatic carbocycles. The summed E-state index contributed by atoms with van der Waals surface area (Å²) in [6, 6.07) is 0. The molecule has 0 aromatic rings. The van der Waals surface area contributed by atoms with Gasteiger partial charge in [-0.2, -0.15) is 0 Å². The molecule has 0 bridgehead atoms. The van der Waals surface area contributed by atoms with Gasteiger partial charge < -0.3 is 39.3 Å². The van der Waals surface area contributed by atoms with E-state index in [0.29, 0.717) is 0 Å². The molecule has 0 fully saturated rings. The first-order valence-corrected chi connectivity index (χ1v) is 0. The van der Waals surface area contributed by atoms with Crippen LogP contribution in [0.5, 0.6) is 0 Å². The van der Waals surface area contributed by atoms with E-state index in [9.17, 15) is 0 Å². The third kappa shape index (κ3) is 35.0. The van der Waals surface area contributed by atoms with Gasteiger partial charge in [-0.25, -0.2) is 0 Å². The van der Waals surface area contributed by atoms with E-state index in [1.165, 1.54) is 0 Å². The van der Waals surface area contributed by atoms with Gasteiger partial charge in [0.2, 0.25) is 0 Å². The fraction of sp³-hybridized carbons (Fsp3) is 0. The van der Waals surface area contributed by atoms with E-state index in [2.05, 4.69) is 0 Å². The largest absolute Gasteiger partial charge is 0.813 e. The molecule has 0 unspecified atom stereocenters. The third-order valence-corrected chi connectivity index (χ3v) is 0. The fourth-order valence-corrected chi connectivity index (χ4v) is 0. The first kappa shape index (κ1) is 108. The Hall–Kier alpha value is 1.27. The zero-order valence-electron chi connectivity index (χ0n) is 2.69. The topological polar surface area (TPSA) is 70.0 Å². The Morgan fingerprint density at radius 1 is 0.600 bits per heavy atom. The number of hydrogen-bond donors (Lipinski definition) is 2. The number of hydrogen-bond acceptors (Lipinski definition) is 4. The minimum absolute atomic E-state index is 0. The third-order valence-electron chi connectivity index (χ3n) is 0. The van der Waals surface area contributed by atoms with Crippen LogP contribution in [0, 0.1) is 0 Å². The molecule has 0 saturated heterocycles. The summed E-state index contributed by atoms with van der Waals surface area (Å²) in [5.41, 5.74) is 0. The zero-order valence-corrected chi connectivity index (χ0v) is 6.33. The van der Waals surface area contributed by atoms with Crippen LogP contribution in [0.4, 0.5) is 0 Å². The minimum Gasteiger partial charge on any atom is -0.813 e. The van der Waals surface area contributed by atoms with Gasteiger partial charge in [0.05, 0.1) is 0 Å². The molecule has 0 rings (SSSR count). The molecule has 0 aromatic carbocycles. The Balaban J connectivity index is 0. The second kappa shape index (κ2) is 59.6. The maximum absolute atomic E-state index is 0. The first-order valence-electron chi connectivity index (χ1n) is 0. The van der Waals surface area contributed by atoms with E-state index in [0.717, 1.165) is 0 Å². The van der Waals surface area contributed by atoms with Crippen molar-refractivity contribution in [2.45, 2.75) is 0 Å². The predicted molar refractivity (Wildman–Crippen MR) is 27.6 cm³/mol. The maximum Gasteiger partial charge on any atom is 0 e. The van der Waals surface area contributed by atoms with Crippen molar-refractivity contribution < 1.29 is 20.1 Å². The van der Waals surface area contributed by atoms with Crippen LogP contribution in [-0.4, -0.2) is 0 Å². The van der Waals surface area contributed by atoms with E-state index in [1.807, 2.05) is 0 Å². The Morgan fingerprint density at radius 2 is 0.600 bits per heavy atom. The molecule has 0 saturated carbocycles. The quantitative estimate of drug-likeness (QED) is 0.417. The molecule has 0 aliphatic rings. The van der Waals surface area contributed by atoms with Crippen molar-refractivity contribution in [3.05, 3.63) is 0 Å². The summed E-state index contributed by atoms with van der Waals surface area (Å²) in [5.74, 6) is 0. The summed E-state index contributed by atoms with van der Waals surface area (Å²) < 4.78 is 0. The molecule has 0 amide bonds. The van der Waals surface area contributed by atoms with Gasteiger partial charge in [0.15, 0.2) is 0 Å². The Bertz CT molecular complexity index is 7.61. The Morgan fingerprint density at radius 3 is 0.600 bits per heavy atom. The molecule has 0 aromatic heterocycles. The molecular formula is H8N2S2Tc-2. The molecule has 5 heteroatoms. The summed E-state index contributed by atoms with van der Waals surface area (Å²) in [7, 11) is 0. The van der Waals surface area contributed by atoms with Gasteiger partial charge in [-0.05, 0) is 0 Å². The van der Waals surface area contributed by atoms with Crippen LogP contribution in [0.2, 0.25) is 0 Å². The zero-order chi connectivity index (χ0) is 0. The summed E-state index contributed by atoms with van der Waals surface area (Å²) >= 11 is 0. The van der Waals surface area contributed by atoms with E-state index >= 15 is 0 Å². The van der Waals surface area contributed by atoms with Crippen LogP contribution in [0.15, 0.2) is 0 Å². The Labute approximate surface area is 59.5 Å². The second-order valence-electron chi connectivity index (χ2n) is 0. The summed E-state index contributed by atoms with van der Waals surface area (Å²) in [6.07, 6.45) is 0. The van der Waals surface area contributed by atoms with Crippen LogP contribution >= 0.6 is 0 Å². The number of rotatable bonds is 0. The predicted octanol–water partition coefficient (Wildman–Crippen LogP) is -0.219. The SMILES string of the molecule is N.N.[SH-].[SH-].[Tc]. The minimum atomic E-state index is 0. The van der Waals surface area contributed by atoms with Crippen molar-refractivity contribution in [2.24, 2.45) is 0 Å². The van der Waals surface area contributed by atoms with Crippen molar-refractivity contribution in [2.75, 3.05) is 0 Å². The van der Waals surface area contributed by atoms with Gasteiger partial charge in [0.1, 0.15) is 0 Å². The van der Waals surface area contributed by atoms with Gasteiger partial charge >= 0.3 is 0 Å². The number of thiol groups is 2. The summed E-state index contributed by atoms with van der Waals surface area (Å²) in [5, 5.41) is 0. The molecule has 0 atom stereocenters. The van der Waals surface area contributed by atoms with Crippen LogP contribution in [0.1, 0.15) is 0 Å². The second-order valence-corrected chi connectivity index (χ2v) is 0. The smallest absolute Gasteiger partial charge is 0 e. The first-order chi connectivity index (χ1) is 0. The molecular weight excluding hydrogens is 190 g/mol. The van der Waals surface area contributed by atoms with Crippen molar-refractivity contribution in [3.8, 4) is 0 Å². The van der Waals surface area contributed by atoms with E-state index in [1.54, 1.807) is 0 Å². The van der Waals surface area contributed by atoms with Gasteiger partial charge in [-0.1, -0.05) is 0 Å². The molecule has 0 spiro atoms. The van der Waals surface area contributed by atoms with Crippen molar-refractivity contribution in [1.82, 2.24) is 12.3 Å². The van der Waals surface area contributed by atoms with Crippen molar-refractivity contribution in [3.63, 3.8) is 0 Å². The normalized spacial score (nSPS) is 0. The fourth-order valence-electron chi connectivity index (χ4n) is 0. The van der Waals surface area contributed by atoms with Crippen molar-refractivity contribution >= 4 is 27.0 Å². The standard InChI is InChI=1S/2H3N.2H2S.Tc/h2*1H3;2*1H2;/p-2.